The van der Waals surface area contributed by atoms with Crippen LogP contribution in [0.4, 0.5) is 4.79 Å². The molecule has 0 radical (unpaired) electrons. The number of imidazole rings is 1. The molecule has 0 bridgehead atoms. The number of fused-ring (bicyclic) bond motifs is 1. The van der Waals surface area contributed by atoms with Gasteiger partial charge in [0.1, 0.15) is 17.9 Å². The van der Waals surface area contributed by atoms with Crippen LogP contribution in [0.25, 0.3) is 11.0 Å². The first kappa shape index (κ1) is 20.4. The van der Waals surface area contributed by atoms with Gasteiger partial charge in [0.05, 0.1) is 17.1 Å². The molecule has 160 valence electrons. The largest absolute Gasteiger partial charge is 0.344 e. The molecule has 2 fully saturated rings. The second-order valence-electron chi connectivity index (χ2n) is 8.87. The van der Waals surface area contributed by atoms with Crippen LogP contribution in [-0.2, 0) is 9.59 Å². The number of amides is 4. The van der Waals surface area contributed by atoms with Crippen LogP contribution in [0.2, 0.25) is 0 Å². The lowest BCUT2D eigenvalue weighted by atomic mass is 9.73. The molecule has 3 unspecified atom stereocenters. The summed E-state index contributed by atoms with van der Waals surface area (Å²) in [5, 5.41) is 5.85. The number of benzene rings is 1. The molecule has 30 heavy (non-hydrogen) atoms. The van der Waals surface area contributed by atoms with Crippen molar-refractivity contribution in [3.05, 3.63) is 30.1 Å². The van der Waals surface area contributed by atoms with Crippen LogP contribution in [0.5, 0.6) is 0 Å². The summed E-state index contributed by atoms with van der Waals surface area (Å²) in [4.78, 5) is 47.4. The molecule has 2 heterocycles. The monoisotopic (exact) mass is 411 g/mol. The number of H-pyrrole nitrogens is 1. The molecule has 2 aliphatic rings. The van der Waals surface area contributed by atoms with Crippen molar-refractivity contribution in [1.82, 2.24) is 25.5 Å². The SMILES string of the molecule is CC(C)C(NC(=O)CN1C(=O)NC2(CCCCC2C)C1=O)c1nc2ccccc2[nH]1. The van der Waals surface area contributed by atoms with Crippen LogP contribution in [0, 0.1) is 11.8 Å². The minimum absolute atomic E-state index is 0.0646. The van der Waals surface area contributed by atoms with Crippen molar-refractivity contribution in [3.63, 3.8) is 0 Å². The number of urea groups is 1. The fourth-order valence-electron chi connectivity index (χ4n) is 4.67. The van der Waals surface area contributed by atoms with Gasteiger partial charge in [0.15, 0.2) is 0 Å². The lowest BCUT2D eigenvalue weighted by Crippen LogP contribution is -2.54. The van der Waals surface area contributed by atoms with Gasteiger partial charge in [-0.1, -0.05) is 45.7 Å². The highest BCUT2D eigenvalue weighted by molar-refractivity contribution is 6.09. The molecule has 1 aliphatic heterocycles. The van der Waals surface area contributed by atoms with Gasteiger partial charge in [0.25, 0.3) is 5.91 Å². The molecule has 1 aromatic heterocycles. The number of nitrogens with one attached hydrogen (secondary N) is 3. The van der Waals surface area contributed by atoms with Crippen LogP contribution in [0.3, 0.4) is 0 Å². The Bertz CT molecular complexity index is 951. The van der Waals surface area contributed by atoms with Gasteiger partial charge in [-0.05, 0) is 36.8 Å². The van der Waals surface area contributed by atoms with Gasteiger partial charge in [-0.2, -0.15) is 0 Å². The predicted molar refractivity (Wildman–Crippen MR) is 112 cm³/mol. The average Bonchev–Trinajstić information content (AvgIpc) is 3.23. The van der Waals surface area contributed by atoms with E-state index in [2.05, 4.69) is 20.6 Å². The molecule has 1 aromatic carbocycles. The number of aromatic nitrogens is 2. The van der Waals surface area contributed by atoms with E-state index in [-0.39, 0.29) is 36.2 Å². The zero-order valence-corrected chi connectivity index (χ0v) is 17.7. The summed E-state index contributed by atoms with van der Waals surface area (Å²) in [6, 6.07) is 6.85. The van der Waals surface area contributed by atoms with Crippen molar-refractivity contribution in [2.24, 2.45) is 11.8 Å². The maximum Gasteiger partial charge on any atom is 0.325 e. The molecule has 2 aromatic rings. The maximum absolute atomic E-state index is 13.1. The number of para-hydroxylation sites is 2. The van der Waals surface area contributed by atoms with E-state index in [4.69, 9.17) is 0 Å². The van der Waals surface area contributed by atoms with Crippen molar-refractivity contribution in [2.45, 2.75) is 58.0 Å². The van der Waals surface area contributed by atoms with Gasteiger partial charge < -0.3 is 15.6 Å². The van der Waals surface area contributed by atoms with E-state index in [1.54, 1.807) is 0 Å². The van der Waals surface area contributed by atoms with Gasteiger partial charge >= 0.3 is 6.03 Å². The number of carbonyl (C=O) groups is 3. The fraction of sp³-hybridized carbons (Fsp3) is 0.545. The average molecular weight is 412 g/mol. The Balaban J connectivity index is 1.48. The lowest BCUT2D eigenvalue weighted by molar-refractivity contribution is -0.137. The number of nitrogens with zero attached hydrogens (tertiary/aromatic N) is 2. The third kappa shape index (κ3) is 3.44. The number of hydrogen-bond acceptors (Lipinski definition) is 4. The summed E-state index contributed by atoms with van der Waals surface area (Å²) < 4.78 is 0. The quantitative estimate of drug-likeness (QED) is 0.658. The molecule has 1 saturated heterocycles. The molecular formula is C22H29N5O3. The van der Waals surface area contributed by atoms with Crippen molar-refractivity contribution in [1.29, 1.82) is 0 Å². The molecule has 1 spiro atoms. The van der Waals surface area contributed by atoms with Crippen LogP contribution < -0.4 is 10.6 Å². The van der Waals surface area contributed by atoms with Crippen molar-refractivity contribution < 1.29 is 14.4 Å². The Labute approximate surface area is 175 Å². The van der Waals surface area contributed by atoms with E-state index in [0.29, 0.717) is 12.2 Å². The summed E-state index contributed by atoms with van der Waals surface area (Å²) in [5.74, 6) is 0.143. The minimum atomic E-state index is -0.855. The van der Waals surface area contributed by atoms with Gasteiger partial charge in [0.2, 0.25) is 5.91 Å². The number of rotatable bonds is 5. The Kier molecular flexibility index (Phi) is 5.26. The van der Waals surface area contributed by atoms with E-state index in [9.17, 15) is 14.4 Å². The Hall–Kier alpha value is -2.90. The van der Waals surface area contributed by atoms with Crippen molar-refractivity contribution in [2.75, 3.05) is 6.54 Å². The number of hydrogen-bond donors (Lipinski definition) is 3. The molecule has 1 aliphatic carbocycles. The van der Waals surface area contributed by atoms with E-state index in [1.807, 2.05) is 45.0 Å². The first-order chi connectivity index (χ1) is 14.3. The normalized spacial score (nSPS) is 25.2. The van der Waals surface area contributed by atoms with Gasteiger partial charge in [-0.25, -0.2) is 9.78 Å². The summed E-state index contributed by atoms with van der Waals surface area (Å²) in [6.07, 6.45) is 3.48. The molecule has 3 N–H and O–H groups in total. The molecular weight excluding hydrogens is 382 g/mol. The van der Waals surface area contributed by atoms with Crippen LogP contribution in [-0.4, -0.2) is 44.8 Å². The summed E-state index contributed by atoms with van der Waals surface area (Å²) >= 11 is 0. The third-order valence-corrected chi connectivity index (χ3v) is 6.49. The number of carbonyl (C=O) groups excluding carboxylic acids is 3. The highest BCUT2D eigenvalue weighted by atomic mass is 16.2. The standard InChI is InChI=1S/C22H29N5O3/c1-13(2)18(19-23-15-9-4-5-10-16(15)24-19)25-17(28)12-27-20(29)22(26-21(27)30)11-7-6-8-14(22)3/h4-5,9-10,13-14,18H,6-8,11-12H2,1-3H3,(H,23,24)(H,25,28)(H,26,30). The Morgan fingerprint density at radius 3 is 2.77 bits per heavy atom. The van der Waals surface area contributed by atoms with E-state index in [1.165, 1.54) is 0 Å². The fourth-order valence-corrected chi connectivity index (χ4v) is 4.67. The van der Waals surface area contributed by atoms with Crippen molar-refractivity contribution >= 4 is 28.9 Å². The van der Waals surface area contributed by atoms with E-state index in [0.717, 1.165) is 35.2 Å². The molecule has 4 amide bonds. The smallest absolute Gasteiger partial charge is 0.325 e. The number of imide groups is 1. The second-order valence-corrected chi connectivity index (χ2v) is 8.87. The molecule has 8 heteroatoms. The first-order valence-electron chi connectivity index (χ1n) is 10.7. The zero-order chi connectivity index (χ0) is 21.5. The minimum Gasteiger partial charge on any atom is -0.344 e. The maximum atomic E-state index is 13.1. The van der Waals surface area contributed by atoms with Crippen LogP contribution >= 0.6 is 0 Å². The van der Waals surface area contributed by atoms with Crippen LogP contribution in [0.1, 0.15) is 58.3 Å². The Morgan fingerprint density at radius 1 is 1.30 bits per heavy atom. The topological polar surface area (TPSA) is 107 Å². The van der Waals surface area contributed by atoms with E-state index < -0.39 is 11.6 Å². The summed E-state index contributed by atoms with van der Waals surface area (Å²) in [6.45, 7) is 5.69. The molecule has 8 nitrogen and oxygen atoms in total. The Morgan fingerprint density at radius 2 is 2.07 bits per heavy atom. The number of aromatic amines is 1. The van der Waals surface area contributed by atoms with Gasteiger partial charge in [-0.15, -0.1) is 0 Å². The molecule has 1 saturated carbocycles. The summed E-state index contributed by atoms with van der Waals surface area (Å²) in [5.41, 5.74) is 0.871. The zero-order valence-electron chi connectivity index (χ0n) is 17.7. The van der Waals surface area contributed by atoms with Crippen LogP contribution in [0.15, 0.2) is 24.3 Å². The van der Waals surface area contributed by atoms with Gasteiger partial charge in [-0.3, -0.25) is 14.5 Å². The highest BCUT2D eigenvalue weighted by Gasteiger charge is 2.55. The first-order valence-corrected chi connectivity index (χ1v) is 10.7. The summed E-state index contributed by atoms with van der Waals surface area (Å²) in [7, 11) is 0. The van der Waals surface area contributed by atoms with Crippen molar-refractivity contribution in [3.8, 4) is 0 Å². The van der Waals surface area contributed by atoms with Gasteiger partial charge in [0, 0.05) is 0 Å². The second kappa shape index (κ2) is 7.74. The lowest BCUT2D eigenvalue weighted by Gasteiger charge is -2.36. The predicted octanol–water partition coefficient (Wildman–Crippen LogP) is 2.88. The van der Waals surface area contributed by atoms with E-state index >= 15 is 0 Å². The molecule has 4 rings (SSSR count). The third-order valence-electron chi connectivity index (χ3n) is 6.49. The highest BCUT2D eigenvalue weighted by Crippen LogP contribution is 2.38. The molecule has 3 atom stereocenters.